The number of anilines is 1. The van der Waals surface area contributed by atoms with E-state index in [0.717, 1.165) is 43.0 Å². The van der Waals surface area contributed by atoms with Crippen LogP contribution in [0.1, 0.15) is 43.9 Å². The first kappa shape index (κ1) is 13.2. The van der Waals surface area contributed by atoms with E-state index in [-0.39, 0.29) is 0 Å². The Hall–Kier alpha value is -1.84. The van der Waals surface area contributed by atoms with E-state index in [1.165, 1.54) is 30.5 Å². The van der Waals surface area contributed by atoms with Gasteiger partial charge in [-0.25, -0.2) is 9.97 Å². The SMILES string of the molecule is CCCNc1nc(-c2ccoc2)nc2c1CCCCC2. The molecule has 106 valence electrons. The molecule has 1 aliphatic rings. The molecular weight excluding hydrogens is 250 g/mol. The fourth-order valence-corrected chi connectivity index (χ4v) is 2.68. The van der Waals surface area contributed by atoms with Crippen molar-refractivity contribution in [3.8, 4) is 11.4 Å². The molecule has 0 aromatic carbocycles. The number of nitrogens with one attached hydrogen (secondary N) is 1. The van der Waals surface area contributed by atoms with Crippen molar-refractivity contribution >= 4 is 5.82 Å². The Labute approximate surface area is 119 Å². The molecule has 0 unspecified atom stereocenters. The lowest BCUT2D eigenvalue weighted by molar-refractivity contribution is 0.568. The first-order valence-electron chi connectivity index (χ1n) is 7.54. The Morgan fingerprint density at radius 3 is 2.90 bits per heavy atom. The molecule has 2 aromatic heterocycles. The zero-order valence-corrected chi connectivity index (χ0v) is 12.0. The summed E-state index contributed by atoms with van der Waals surface area (Å²) in [5.41, 5.74) is 3.49. The number of hydrogen-bond acceptors (Lipinski definition) is 4. The quantitative estimate of drug-likeness (QED) is 0.859. The predicted octanol–water partition coefficient (Wildman–Crippen LogP) is 3.83. The van der Waals surface area contributed by atoms with Gasteiger partial charge in [-0.1, -0.05) is 13.3 Å². The van der Waals surface area contributed by atoms with Crippen molar-refractivity contribution in [2.75, 3.05) is 11.9 Å². The van der Waals surface area contributed by atoms with Crippen LogP contribution < -0.4 is 5.32 Å². The summed E-state index contributed by atoms with van der Waals surface area (Å²) in [5, 5.41) is 3.47. The van der Waals surface area contributed by atoms with Gasteiger partial charge < -0.3 is 9.73 Å². The summed E-state index contributed by atoms with van der Waals surface area (Å²) in [7, 11) is 0. The van der Waals surface area contributed by atoms with Crippen LogP contribution >= 0.6 is 0 Å². The average Bonchev–Trinajstić information content (AvgIpc) is 2.90. The number of hydrogen-bond donors (Lipinski definition) is 1. The van der Waals surface area contributed by atoms with Crippen molar-refractivity contribution in [2.24, 2.45) is 0 Å². The molecule has 20 heavy (non-hydrogen) atoms. The van der Waals surface area contributed by atoms with Gasteiger partial charge in [-0.05, 0) is 38.2 Å². The number of nitrogens with zero attached hydrogens (tertiary/aromatic N) is 2. The van der Waals surface area contributed by atoms with E-state index in [1.807, 2.05) is 6.07 Å². The topological polar surface area (TPSA) is 51.0 Å². The molecule has 0 spiro atoms. The number of fused-ring (bicyclic) bond motifs is 1. The zero-order chi connectivity index (χ0) is 13.8. The number of rotatable bonds is 4. The van der Waals surface area contributed by atoms with Gasteiger partial charge in [-0.3, -0.25) is 0 Å². The van der Waals surface area contributed by atoms with Crippen LogP contribution in [0.15, 0.2) is 23.0 Å². The smallest absolute Gasteiger partial charge is 0.165 e. The molecule has 4 nitrogen and oxygen atoms in total. The Kier molecular flexibility index (Phi) is 4.00. The summed E-state index contributed by atoms with van der Waals surface area (Å²) in [6.45, 7) is 3.12. The fraction of sp³-hybridized carbons (Fsp3) is 0.500. The third-order valence-electron chi connectivity index (χ3n) is 3.75. The first-order chi connectivity index (χ1) is 9.88. The first-order valence-corrected chi connectivity index (χ1v) is 7.54. The lowest BCUT2D eigenvalue weighted by Gasteiger charge is -2.14. The van der Waals surface area contributed by atoms with Crippen LogP contribution in [0.4, 0.5) is 5.82 Å². The van der Waals surface area contributed by atoms with Crippen LogP contribution in [-0.2, 0) is 12.8 Å². The molecule has 0 atom stereocenters. The highest BCUT2D eigenvalue weighted by Gasteiger charge is 2.17. The maximum absolute atomic E-state index is 5.16. The van der Waals surface area contributed by atoms with Crippen LogP contribution in [-0.4, -0.2) is 16.5 Å². The van der Waals surface area contributed by atoms with Crippen LogP contribution in [0.3, 0.4) is 0 Å². The highest BCUT2D eigenvalue weighted by atomic mass is 16.3. The minimum atomic E-state index is 0.776. The lowest BCUT2D eigenvalue weighted by Crippen LogP contribution is -2.10. The van der Waals surface area contributed by atoms with Gasteiger partial charge in [0.15, 0.2) is 5.82 Å². The van der Waals surface area contributed by atoms with Crippen LogP contribution in [0.5, 0.6) is 0 Å². The molecular formula is C16H21N3O. The van der Waals surface area contributed by atoms with Crippen LogP contribution in [0.25, 0.3) is 11.4 Å². The molecule has 0 saturated heterocycles. The molecule has 0 radical (unpaired) electrons. The van der Waals surface area contributed by atoms with Crippen molar-refractivity contribution in [2.45, 2.75) is 45.4 Å². The minimum absolute atomic E-state index is 0.776. The van der Waals surface area contributed by atoms with Gasteiger partial charge in [-0.15, -0.1) is 0 Å². The van der Waals surface area contributed by atoms with Gasteiger partial charge in [-0.2, -0.15) is 0 Å². The highest BCUT2D eigenvalue weighted by Crippen LogP contribution is 2.28. The standard InChI is InChI=1S/C16H21N3O/c1-2-9-17-16-13-6-4-3-5-7-14(13)18-15(19-16)12-8-10-20-11-12/h8,10-11H,2-7,9H2,1H3,(H,17,18,19). The van der Waals surface area contributed by atoms with E-state index < -0.39 is 0 Å². The molecule has 4 heteroatoms. The molecule has 0 fully saturated rings. The van der Waals surface area contributed by atoms with E-state index in [4.69, 9.17) is 14.4 Å². The second-order valence-electron chi connectivity index (χ2n) is 5.32. The molecule has 1 N–H and O–H groups in total. The van der Waals surface area contributed by atoms with Crippen LogP contribution in [0, 0.1) is 0 Å². The van der Waals surface area contributed by atoms with Crippen LogP contribution in [0.2, 0.25) is 0 Å². The van der Waals surface area contributed by atoms with Gasteiger partial charge in [0.1, 0.15) is 12.1 Å². The second kappa shape index (κ2) is 6.07. The van der Waals surface area contributed by atoms with E-state index >= 15 is 0 Å². The van der Waals surface area contributed by atoms with Gasteiger partial charge in [0, 0.05) is 17.8 Å². The Morgan fingerprint density at radius 1 is 1.20 bits per heavy atom. The van der Waals surface area contributed by atoms with Gasteiger partial charge in [0.25, 0.3) is 0 Å². The third-order valence-corrected chi connectivity index (χ3v) is 3.75. The molecule has 3 rings (SSSR count). The molecule has 0 aliphatic heterocycles. The van der Waals surface area contributed by atoms with Gasteiger partial charge in [0.2, 0.25) is 0 Å². The van der Waals surface area contributed by atoms with E-state index in [9.17, 15) is 0 Å². The third kappa shape index (κ3) is 2.69. The second-order valence-corrected chi connectivity index (χ2v) is 5.32. The van der Waals surface area contributed by atoms with Crippen molar-refractivity contribution in [1.29, 1.82) is 0 Å². The summed E-state index contributed by atoms with van der Waals surface area (Å²) in [6.07, 6.45) is 10.4. The van der Waals surface area contributed by atoms with E-state index in [0.29, 0.717) is 0 Å². The molecule has 2 heterocycles. The monoisotopic (exact) mass is 271 g/mol. The Bertz CT molecular complexity index is 563. The molecule has 1 aliphatic carbocycles. The summed E-state index contributed by atoms with van der Waals surface area (Å²) < 4.78 is 5.16. The number of furan rings is 1. The summed E-state index contributed by atoms with van der Waals surface area (Å²) >= 11 is 0. The predicted molar refractivity (Wildman–Crippen MR) is 79.8 cm³/mol. The highest BCUT2D eigenvalue weighted by molar-refractivity contribution is 5.59. The Morgan fingerprint density at radius 2 is 2.10 bits per heavy atom. The average molecular weight is 271 g/mol. The van der Waals surface area contributed by atoms with Crippen molar-refractivity contribution in [3.05, 3.63) is 29.9 Å². The largest absolute Gasteiger partial charge is 0.472 e. The molecule has 0 amide bonds. The van der Waals surface area contributed by atoms with Crippen molar-refractivity contribution in [1.82, 2.24) is 9.97 Å². The number of aryl methyl sites for hydroxylation is 1. The van der Waals surface area contributed by atoms with Gasteiger partial charge >= 0.3 is 0 Å². The summed E-state index contributed by atoms with van der Waals surface area (Å²) in [4.78, 5) is 9.50. The number of aromatic nitrogens is 2. The Balaban J connectivity index is 2.03. The van der Waals surface area contributed by atoms with E-state index in [1.54, 1.807) is 12.5 Å². The normalized spacial score (nSPS) is 14.7. The molecule has 0 bridgehead atoms. The van der Waals surface area contributed by atoms with Gasteiger partial charge in [0.05, 0.1) is 11.8 Å². The zero-order valence-electron chi connectivity index (χ0n) is 12.0. The maximum Gasteiger partial charge on any atom is 0.165 e. The maximum atomic E-state index is 5.16. The summed E-state index contributed by atoms with van der Waals surface area (Å²) in [6, 6.07) is 1.92. The minimum Gasteiger partial charge on any atom is -0.472 e. The lowest BCUT2D eigenvalue weighted by atomic mass is 10.1. The summed E-state index contributed by atoms with van der Waals surface area (Å²) in [5.74, 6) is 1.80. The van der Waals surface area contributed by atoms with E-state index in [2.05, 4.69) is 12.2 Å². The van der Waals surface area contributed by atoms with Crippen molar-refractivity contribution in [3.63, 3.8) is 0 Å². The van der Waals surface area contributed by atoms with Crippen molar-refractivity contribution < 1.29 is 4.42 Å². The molecule has 0 saturated carbocycles. The fourth-order valence-electron chi connectivity index (χ4n) is 2.68. The molecule has 2 aromatic rings.